The van der Waals surface area contributed by atoms with Crippen LogP contribution in [0.2, 0.25) is 0 Å². The Balaban J connectivity index is 1.95. The Hall–Kier alpha value is -2.21. The first-order valence-corrected chi connectivity index (χ1v) is 7.67. The van der Waals surface area contributed by atoms with Gasteiger partial charge in [-0.15, -0.1) is 0 Å². The van der Waals surface area contributed by atoms with E-state index in [0.29, 0.717) is 5.69 Å². The van der Waals surface area contributed by atoms with Crippen molar-refractivity contribution in [2.75, 3.05) is 5.75 Å². The lowest BCUT2D eigenvalue weighted by atomic mass is 10.3. The summed E-state index contributed by atoms with van der Waals surface area (Å²) in [6.45, 7) is 0.212. The molecule has 0 aliphatic heterocycles. The Kier molecular flexibility index (Phi) is 4.47. The molecule has 0 bridgehead atoms. The molecule has 1 amide bonds. The Labute approximate surface area is 117 Å². The maximum absolute atomic E-state index is 12.0. The quantitative estimate of drug-likeness (QED) is 0.897. The predicted molar refractivity (Wildman–Crippen MR) is 74.6 cm³/mol. The van der Waals surface area contributed by atoms with Crippen LogP contribution in [0.5, 0.6) is 0 Å². The fraction of sp³-hybridized carbons (Fsp3) is 0.143. The maximum Gasteiger partial charge on any atom is 0.235 e. The van der Waals surface area contributed by atoms with Crippen molar-refractivity contribution in [3.05, 3.63) is 60.4 Å². The minimum atomic E-state index is -3.60. The molecular weight excluding hydrogens is 276 g/mol. The van der Waals surface area contributed by atoms with Crippen LogP contribution in [0.25, 0.3) is 0 Å². The Morgan fingerprint density at radius 3 is 2.40 bits per heavy atom. The Morgan fingerprint density at radius 2 is 1.75 bits per heavy atom. The molecule has 0 atom stereocenters. The molecule has 0 saturated carbocycles. The van der Waals surface area contributed by atoms with E-state index in [0.717, 1.165) is 0 Å². The summed E-state index contributed by atoms with van der Waals surface area (Å²) >= 11 is 0. The average Bonchev–Trinajstić information content (AvgIpc) is 2.47. The molecule has 20 heavy (non-hydrogen) atoms. The number of hydrogen-bond donors (Lipinski definition) is 1. The van der Waals surface area contributed by atoms with Crippen molar-refractivity contribution < 1.29 is 13.2 Å². The number of pyridine rings is 1. The molecule has 0 fully saturated rings. The zero-order valence-corrected chi connectivity index (χ0v) is 11.5. The van der Waals surface area contributed by atoms with E-state index in [9.17, 15) is 13.2 Å². The average molecular weight is 290 g/mol. The van der Waals surface area contributed by atoms with Gasteiger partial charge in [0, 0.05) is 6.20 Å². The Morgan fingerprint density at radius 1 is 1.05 bits per heavy atom. The number of sulfone groups is 1. The van der Waals surface area contributed by atoms with Crippen molar-refractivity contribution >= 4 is 15.7 Å². The normalized spacial score (nSPS) is 11.0. The molecular formula is C14H14N2O3S. The second-order valence-corrected chi connectivity index (χ2v) is 6.16. The number of carbonyl (C=O) groups excluding carboxylic acids is 1. The van der Waals surface area contributed by atoms with E-state index in [1.165, 1.54) is 12.1 Å². The number of nitrogens with zero attached hydrogens (tertiary/aromatic N) is 1. The number of rotatable bonds is 5. The van der Waals surface area contributed by atoms with Gasteiger partial charge in [-0.1, -0.05) is 24.3 Å². The van der Waals surface area contributed by atoms with Gasteiger partial charge in [0.25, 0.3) is 0 Å². The molecule has 2 rings (SSSR count). The first kappa shape index (κ1) is 14.2. The summed E-state index contributed by atoms with van der Waals surface area (Å²) in [5, 5.41) is 2.54. The summed E-state index contributed by atoms with van der Waals surface area (Å²) in [6.07, 6.45) is 1.61. The highest BCUT2D eigenvalue weighted by Gasteiger charge is 2.18. The number of benzene rings is 1. The van der Waals surface area contributed by atoms with E-state index >= 15 is 0 Å². The lowest BCUT2D eigenvalue weighted by molar-refractivity contribution is -0.118. The minimum Gasteiger partial charge on any atom is -0.350 e. The summed E-state index contributed by atoms with van der Waals surface area (Å²) in [4.78, 5) is 15.9. The fourth-order valence-corrected chi connectivity index (χ4v) is 2.81. The van der Waals surface area contributed by atoms with Crippen LogP contribution in [0.1, 0.15) is 5.69 Å². The number of nitrogens with one attached hydrogen (secondary N) is 1. The molecule has 104 valence electrons. The van der Waals surface area contributed by atoms with Crippen LogP contribution in [-0.4, -0.2) is 25.1 Å². The summed E-state index contributed by atoms with van der Waals surface area (Å²) in [7, 11) is -3.60. The largest absolute Gasteiger partial charge is 0.350 e. The third kappa shape index (κ3) is 3.89. The molecule has 1 aromatic heterocycles. The first-order valence-electron chi connectivity index (χ1n) is 6.02. The van der Waals surface area contributed by atoms with Gasteiger partial charge < -0.3 is 5.32 Å². The van der Waals surface area contributed by atoms with Gasteiger partial charge in [-0.05, 0) is 24.3 Å². The summed E-state index contributed by atoms with van der Waals surface area (Å²) in [5.74, 6) is -1.11. The van der Waals surface area contributed by atoms with Gasteiger partial charge in [0.15, 0.2) is 9.84 Å². The zero-order chi connectivity index (χ0) is 14.4. The molecule has 0 unspecified atom stereocenters. The van der Waals surface area contributed by atoms with Crippen LogP contribution in [0.4, 0.5) is 0 Å². The minimum absolute atomic E-state index is 0.146. The molecule has 0 aliphatic carbocycles. The molecule has 6 heteroatoms. The summed E-state index contributed by atoms with van der Waals surface area (Å²) in [6, 6.07) is 13.2. The van der Waals surface area contributed by atoms with E-state index in [4.69, 9.17) is 0 Å². The zero-order valence-electron chi connectivity index (χ0n) is 10.7. The van der Waals surface area contributed by atoms with Gasteiger partial charge in [-0.3, -0.25) is 9.78 Å². The van der Waals surface area contributed by atoms with Gasteiger partial charge in [0.1, 0.15) is 5.75 Å². The van der Waals surface area contributed by atoms with Crippen LogP contribution < -0.4 is 5.32 Å². The van der Waals surface area contributed by atoms with Crippen molar-refractivity contribution in [2.24, 2.45) is 0 Å². The van der Waals surface area contributed by atoms with Crippen LogP contribution in [-0.2, 0) is 21.2 Å². The summed E-state index contributed by atoms with van der Waals surface area (Å²) < 4.78 is 24.0. The van der Waals surface area contributed by atoms with E-state index in [1.54, 1.807) is 42.6 Å². The van der Waals surface area contributed by atoms with Gasteiger partial charge >= 0.3 is 0 Å². The molecule has 1 aromatic carbocycles. The first-order chi connectivity index (χ1) is 9.58. The number of aromatic nitrogens is 1. The molecule has 2 aromatic rings. The van der Waals surface area contributed by atoms with E-state index in [-0.39, 0.29) is 11.4 Å². The van der Waals surface area contributed by atoms with E-state index < -0.39 is 21.5 Å². The number of hydrogen-bond acceptors (Lipinski definition) is 4. The van der Waals surface area contributed by atoms with Crippen molar-refractivity contribution in [1.29, 1.82) is 0 Å². The van der Waals surface area contributed by atoms with Crippen molar-refractivity contribution in [2.45, 2.75) is 11.4 Å². The monoisotopic (exact) mass is 290 g/mol. The molecule has 5 nitrogen and oxygen atoms in total. The second kappa shape index (κ2) is 6.29. The maximum atomic E-state index is 12.0. The topological polar surface area (TPSA) is 76.1 Å². The third-order valence-corrected chi connectivity index (χ3v) is 4.25. The smallest absolute Gasteiger partial charge is 0.235 e. The third-order valence-electron chi connectivity index (χ3n) is 2.62. The molecule has 1 N–H and O–H groups in total. The van der Waals surface area contributed by atoms with Crippen molar-refractivity contribution in [1.82, 2.24) is 10.3 Å². The fourth-order valence-electron chi connectivity index (χ4n) is 1.63. The van der Waals surface area contributed by atoms with Crippen molar-refractivity contribution in [3.63, 3.8) is 0 Å². The highest BCUT2D eigenvalue weighted by atomic mass is 32.2. The molecule has 0 saturated heterocycles. The lowest BCUT2D eigenvalue weighted by Gasteiger charge is -2.06. The Bertz CT molecular complexity index is 670. The van der Waals surface area contributed by atoms with Crippen LogP contribution in [0, 0.1) is 0 Å². The van der Waals surface area contributed by atoms with Gasteiger partial charge in [0.05, 0.1) is 17.1 Å². The van der Waals surface area contributed by atoms with Gasteiger partial charge in [-0.25, -0.2) is 8.42 Å². The van der Waals surface area contributed by atoms with Crippen molar-refractivity contribution in [3.8, 4) is 0 Å². The molecule has 0 aliphatic rings. The highest BCUT2D eigenvalue weighted by Crippen LogP contribution is 2.09. The van der Waals surface area contributed by atoms with Crippen LogP contribution in [0.15, 0.2) is 59.6 Å². The molecule has 0 radical (unpaired) electrons. The SMILES string of the molecule is O=C(CS(=O)(=O)c1ccccc1)NCc1ccccn1. The lowest BCUT2D eigenvalue weighted by Crippen LogP contribution is -2.30. The molecule has 1 heterocycles. The molecule has 0 spiro atoms. The van der Waals surface area contributed by atoms with Crippen LogP contribution in [0.3, 0.4) is 0 Å². The van der Waals surface area contributed by atoms with Gasteiger partial charge in [-0.2, -0.15) is 0 Å². The summed E-state index contributed by atoms with van der Waals surface area (Å²) in [5.41, 5.74) is 0.679. The van der Waals surface area contributed by atoms with E-state index in [1.807, 2.05) is 0 Å². The highest BCUT2D eigenvalue weighted by molar-refractivity contribution is 7.92. The standard InChI is InChI=1S/C14H14N2O3S/c17-14(16-10-12-6-4-5-9-15-12)11-20(18,19)13-7-2-1-3-8-13/h1-9H,10-11H2,(H,16,17). The van der Waals surface area contributed by atoms with E-state index in [2.05, 4.69) is 10.3 Å². The number of amides is 1. The van der Waals surface area contributed by atoms with Crippen LogP contribution >= 0.6 is 0 Å². The van der Waals surface area contributed by atoms with Gasteiger partial charge in [0.2, 0.25) is 5.91 Å². The second-order valence-electron chi connectivity index (χ2n) is 4.17. The predicted octanol–water partition coefficient (Wildman–Crippen LogP) is 1.17. The number of carbonyl (C=O) groups is 1.